The summed E-state index contributed by atoms with van der Waals surface area (Å²) in [6, 6.07) is -0.695. The van der Waals surface area contributed by atoms with Gasteiger partial charge in [0.15, 0.2) is 0 Å². The lowest BCUT2D eigenvalue weighted by molar-refractivity contribution is -0.131. The van der Waals surface area contributed by atoms with Crippen molar-refractivity contribution in [3.63, 3.8) is 0 Å². The van der Waals surface area contributed by atoms with Crippen LogP contribution in [0.4, 0.5) is 0 Å². The monoisotopic (exact) mass is 242 g/mol. The van der Waals surface area contributed by atoms with Crippen molar-refractivity contribution in [2.24, 2.45) is 5.92 Å². The SMILES string of the molecule is CC(C)CNC(=O)C(C)NC(=O)/C=C/C(=O)O. The maximum Gasteiger partial charge on any atom is 0.328 e. The molecule has 3 N–H and O–H groups in total. The zero-order chi connectivity index (χ0) is 13.4. The highest BCUT2D eigenvalue weighted by Crippen LogP contribution is 1.89. The molecule has 0 bridgehead atoms. The molecule has 0 radical (unpaired) electrons. The van der Waals surface area contributed by atoms with E-state index in [-0.39, 0.29) is 5.91 Å². The van der Waals surface area contributed by atoms with Gasteiger partial charge in [-0.05, 0) is 12.8 Å². The van der Waals surface area contributed by atoms with Gasteiger partial charge in [-0.3, -0.25) is 9.59 Å². The molecule has 0 aliphatic rings. The largest absolute Gasteiger partial charge is 0.478 e. The molecular formula is C11H18N2O4. The molecule has 1 atom stereocenters. The minimum absolute atomic E-state index is 0.296. The van der Waals surface area contributed by atoms with Crippen molar-refractivity contribution < 1.29 is 19.5 Å². The van der Waals surface area contributed by atoms with Gasteiger partial charge in [-0.25, -0.2) is 4.79 Å². The van der Waals surface area contributed by atoms with Crippen molar-refractivity contribution in [2.45, 2.75) is 26.8 Å². The molecule has 0 aliphatic heterocycles. The fraction of sp³-hybridized carbons (Fsp3) is 0.545. The summed E-state index contributed by atoms with van der Waals surface area (Å²) in [7, 11) is 0. The van der Waals surface area contributed by atoms with Gasteiger partial charge in [-0.1, -0.05) is 13.8 Å². The fourth-order valence-corrected chi connectivity index (χ4v) is 0.932. The topological polar surface area (TPSA) is 95.5 Å². The Morgan fingerprint density at radius 1 is 1.18 bits per heavy atom. The standard InChI is InChI=1S/C11H18N2O4/c1-7(2)6-12-11(17)8(3)13-9(14)4-5-10(15)16/h4-5,7-8H,6H2,1-3H3,(H,12,17)(H,13,14)(H,15,16)/b5-4+. The Morgan fingerprint density at radius 2 is 1.76 bits per heavy atom. The lowest BCUT2D eigenvalue weighted by Gasteiger charge is -2.14. The van der Waals surface area contributed by atoms with Gasteiger partial charge >= 0.3 is 5.97 Å². The first-order chi connectivity index (χ1) is 7.82. The van der Waals surface area contributed by atoms with E-state index in [4.69, 9.17) is 5.11 Å². The van der Waals surface area contributed by atoms with Crippen LogP contribution in [0, 0.1) is 5.92 Å². The Labute approximate surface area is 100 Å². The average molecular weight is 242 g/mol. The predicted molar refractivity (Wildman–Crippen MR) is 62.2 cm³/mol. The Balaban J connectivity index is 4.07. The van der Waals surface area contributed by atoms with Crippen LogP contribution < -0.4 is 10.6 Å². The van der Waals surface area contributed by atoms with Crippen LogP contribution in [0.3, 0.4) is 0 Å². The lowest BCUT2D eigenvalue weighted by atomic mass is 10.2. The number of carbonyl (C=O) groups excluding carboxylic acids is 2. The molecule has 0 aromatic heterocycles. The average Bonchev–Trinajstić information content (AvgIpc) is 2.22. The third-order valence-corrected chi connectivity index (χ3v) is 1.81. The zero-order valence-corrected chi connectivity index (χ0v) is 10.2. The molecule has 0 saturated heterocycles. The third-order valence-electron chi connectivity index (χ3n) is 1.81. The Hall–Kier alpha value is -1.85. The molecule has 0 spiro atoms. The third kappa shape index (κ3) is 8.01. The van der Waals surface area contributed by atoms with Gasteiger partial charge in [0.1, 0.15) is 6.04 Å². The summed E-state index contributed by atoms with van der Waals surface area (Å²) >= 11 is 0. The first-order valence-electron chi connectivity index (χ1n) is 5.32. The highest BCUT2D eigenvalue weighted by Gasteiger charge is 2.13. The normalized spacial score (nSPS) is 12.5. The molecule has 0 fully saturated rings. The number of carboxylic acid groups (broad SMARTS) is 1. The van der Waals surface area contributed by atoms with Crippen molar-refractivity contribution >= 4 is 17.8 Å². The molecule has 0 rings (SSSR count). The molecule has 1 unspecified atom stereocenters. The molecule has 0 heterocycles. The number of carbonyl (C=O) groups is 3. The first-order valence-corrected chi connectivity index (χ1v) is 5.32. The van der Waals surface area contributed by atoms with Crippen LogP contribution in [0.15, 0.2) is 12.2 Å². The summed E-state index contributed by atoms with van der Waals surface area (Å²) < 4.78 is 0. The van der Waals surface area contributed by atoms with E-state index in [1.165, 1.54) is 6.92 Å². The minimum Gasteiger partial charge on any atom is -0.478 e. The summed E-state index contributed by atoms with van der Waals surface area (Å²) in [5.41, 5.74) is 0. The van der Waals surface area contributed by atoms with Crippen LogP contribution in [-0.4, -0.2) is 35.5 Å². The number of carboxylic acids is 1. The zero-order valence-electron chi connectivity index (χ0n) is 10.2. The Bertz CT molecular complexity index is 323. The van der Waals surface area contributed by atoms with Gasteiger partial charge in [-0.2, -0.15) is 0 Å². The van der Waals surface area contributed by atoms with E-state index in [1.54, 1.807) is 0 Å². The van der Waals surface area contributed by atoms with Crippen LogP contribution in [-0.2, 0) is 14.4 Å². The van der Waals surface area contributed by atoms with E-state index in [1.807, 2.05) is 13.8 Å². The summed E-state index contributed by atoms with van der Waals surface area (Å²) in [6.45, 7) is 5.98. The second kappa shape index (κ2) is 7.43. The molecule has 17 heavy (non-hydrogen) atoms. The van der Waals surface area contributed by atoms with Crippen LogP contribution >= 0.6 is 0 Å². The molecule has 0 aliphatic carbocycles. The summed E-state index contributed by atoms with van der Waals surface area (Å²) in [6.07, 6.45) is 1.59. The Kier molecular flexibility index (Phi) is 6.62. The highest BCUT2D eigenvalue weighted by molar-refractivity contribution is 5.96. The van der Waals surface area contributed by atoms with E-state index in [0.29, 0.717) is 18.5 Å². The van der Waals surface area contributed by atoms with Crippen molar-refractivity contribution in [2.75, 3.05) is 6.54 Å². The van der Waals surface area contributed by atoms with E-state index < -0.39 is 17.9 Å². The molecule has 0 aromatic carbocycles. The lowest BCUT2D eigenvalue weighted by Crippen LogP contribution is -2.45. The number of nitrogens with one attached hydrogen (secondary N) is 2. The van der Waals surface area contributed by atoms with Crippen LogP contribution in [0.25, 0.3) is 0 Å². The molecule has 96 valence electrons. The van der Waals surface area contributed by atoms with Crippen molar-refractivity contribution in [3.8, 4) is 0 Å². The van der Waals surface area contributed by atoms with Gasteiger partial charge in [0, 0.05) is 18.7 Å². The minimum atomic E-state index is -1.21. The van der Waals surface area contributed by atoms with E-state index in [2.05, 4.69) is 10.6 Å². The van der Waals surface area contributed by atoms with Crippen LogP contribution in [0.2, 0.25) is 0 Å². The number of amides is 2. The second-order valence-corrected chi connectivity index (χ2v) is 4.04. The molecule has 6 heteroatoms. The van der Waals surface area contributed by atoms with Gasteiger partial charge in [-0.15, -0.1) is 0 Å². The van der Waals surface area contributed by atoms with Crippen molar-refractivity contribution in [1.29, 1.82) is 0 Å². The fourth-order valence-electron chi connectivity index (χ4n) is 0.932. The summed E-state index contributed by atoms with van der Waals surface area (Å²) in [5, 5.41) is 13.3. The molecule has 6 nitrogen and oxygen atoms in total. The number of hydrogen-bond acceptors (Lipinski definition) is 3. The summed E-state index contributed by atoms with van der Waals surface area (Å²) in [5.74, 6) is -1.79. The predicted octanol–water partition coefficient (Wildman–Crippen LogP) is -0.0959. The quantitative estimate of drug-likeness (QED) is 0.567. The van der Waals surface area contributed by atoms with Crippen LogP contribution in [0.1, 0.15) is 20.8 Å². The number of aliphatic carboxylic acids is 1. The first kappa shape index (κ1) is 15.2. The van der Waals surface area contributed by atoms with Gasteiger partial charge in [0.25, 0.3) is 0 Å². The molecule has 0 saturated carbocycles. The van der Waals surface area contributed by atoms with Crippen molar-refractivity contribution in [1.82, 2.24) is 10.6 Å². The summed E-state index contributed by atoms with van der Waals surface area (Å²) in [4.78, 5) is 32.8. The van der Waals surface area contributed by atoms with Gasteiger partial charge in [0.05, 0.1) is 0 Å². The maximum absolute atomic E-state index is 11.5. The van der Waals surface area contributed by atoms with Crippen molar-refractivity contribution in [3.05, 3.63) is 12.2 Å². The van der Waals surface area contributed by atoms with Crippen LogP contribution in [0.5, 0.6) is 0 Å². The van der Waals surface area contributed by atoms with Gasteiger partial charge in [0.2, 0.25) is 11.8 Å². The molecule has 2 amide bonds. The van der Waals surface area contributed by atoms with E-state index >= 15 is 0 Å². The van der Waals surface area contributed by atoms with E-state index in [0.717, 1.165) is 6.08 Å². The second-order valence-electron chi connectivity index (χ2n) is 4.04. The smallest absolute Gasteiger partial charge is 0.328 e. The van der Waals surface area contributed by atoms with E-state index in [9.17, 15) is 14.4 Å². The highest BCUT2D eigenvalue weighted by atomic mass is 16.4. The number of hydrogen-bond donors (Lipinski definition) is 3. The maximum atomic E-state index is 11.5. The number of rotatable bonds is 6. The molecular weight excluding hydrogens is 224 g/mol. The Morgan fingerprint density at radius 3 is 2.24 bits per heavy atom. The molecule has 0 aromatic rings. The van der Waals surface area contributed by atoms with Gasteiger partial charge < -0.3 is 15.7 Å².